The lowest BCUT2D eigenvalue weighted by molar-refractivity contribution is 0.102. The highest BCUT2D eigenvalue weighted by atomic mass is 16.5. The number of nitriles is 1. The predicted octanol–water partition coefficient (Wildman–Crippen LogP) is 2.67. The molecule has 4 aromatic rings. The molecule has 4 heterocycles. The predicted molar refractivity (Wildman–Crippen MR) is 116 cm³/mol. The monoisotopic (exact) mass is 431 g/mol. The van der Waals surface area contributed by atoms with Crippen molar-refractivity contribution in [1.29, 1.82) is 5.26 Å². The summed E-state index contributed by atoms with van der Waals surface area (Å²) in [5.74, 6) is 0.0116. The van der Waals surface area contributed by atoms with E-state index in [9.17, 15) is 15.2 Å². The van der Waals surface area contributed by atoms with Crippen LogP contribution in [0, 0.1) is 11.3 Å². The third-order valence-corrected chi connectivity index (χ3v) is 5.18. The zero-order valence-electron chi connectivity index (χ0n) is 17.7. The third kappa shape index (κ3) is 3.77. The number of nitrogens with one attached hydrogen (secondary N) is 1. The minimum atomic E-state index is -0.689. The quantitative estimate of drug-likeness (QED) is 0.480. The number of methoxy groups -OCH3 is 1. The average molecular weight is 431 g/mol. The van der Waals surface area contributed by atoms with Gasteiger partial charge in [0, 0.05) is 12.4 Å². The fourth-order valence-corrected chi connectivity index (χ4v) is 3.23. The molecule has 0 bridgehead atoms. The second kappa shape index (κ2) is 8.49. The molecule has 10 nitrogen and oxygen atoms in total. The Morgan fingerprint density at radius 3 is 2.78 bits per heavy atom. The van der Waals surface area contributed by atoms with Gasteiger partial charge in [0.1, 0.15) is 28.9 Å². The largest absolute Gasteiger partial charge is 0.494 e. The number of carbonyl (C=O) groups is 1. The van der Waals surface area contributed by atoms with Crippen LogP contribution in [0.25, 0.3) is 16.9 Å². The lowest BCUT2D eigenvalue weighted by Gasteiger charge is -2.14. The van der Waals surface area contributed by atoms with E-state index >= 15 is 0 Å². The molecule has 0 spiro atoms. The van der Waals surface area contributed by atoms with Crippen molar-refractivity contribution in [2.75, 3.05) is 12.4 Å². The molecule has 0 aliphatic rings. The Morgan fingerprint density at radius 2 is 2.06 bits per heavy atom. The van der Waals surface area contributed by atoms with Gasteiger partial charge in [-0.2, -0.15) is 15.5 Å². The van der Waals surface area contributed by atoms with Gasteiger partial charge >= 0.3 is 0 Å². The summed E-state index contributed by atoms with van der Waals surface area (Å²) in [4.78, 5) is 17.4. The molecule has 162 valence electrons. The number of rotatable bonds is 6. The molecule has 1 amide bonds. The summed E-state index contributed by atoms with van der Waals surface area (Å²) >= 11 is 0. The van der Waals surface area contributed by atoms with Crippen molar-refractivity contribution in [3.8, 4) is 23.2 Å². The lowest BCUT2D eigenvalue weighted by atomic mass is 10.2. The van der Waals surface area contributed by atoms with Crippen LogP contribution >= 0.6 is 0 Å². The minimum Gasteiger partial charge on any atom is -0.494 e. The van der Waals surface area contributed by atoms with Gasteiger partial charge < -0.3 is 15.2 Å². The molecule has 2 atom stereocenters. The molecule has 10 heteroatoms. The smallest absolute Gasteiger partial charge is 0.259 e. The van der Waals surface area contributed by atoms with Crippen molar-refractivity contribution < 1.29 is 14.6 Å². The second-order valence-electron chi connectivity index (χ2n) is 7.25. The SMILES string of the molecule is COc1ccc(C#N)nc1-c1nn(C(C)C(C)O)cc1NC(=O)c1cnn2ccccc12. The molecule has 4 rings (SSSR count). The van der Waals surface area contributed by atoms with Gasteiger partial charge in [-0.1, -0.05) is 6.07 Å². The third-order valence-electron chi connectivity index (χ3n) is 5.18. The number of amides is 1. The fourth-order valence-electron chi connectivity index (χ4n) is 3.23. The Kier molecular flexibility index (Phi) is 5.57. The molecule has 32 heavy (non-hydrogen) atoms. The van der Waals surface area contributed by atoms with Crippen LogP contribution in [0.2, 0.25) is 0 Å². The molecule has 0 aliphatic carbocycles. The van der Waals surface area contributed by atoms with Crippen LogP contribution in [0.5, 0.6) is 5.75 Å². The van der Waals surface area contributed by atoms with Gasteiger partial charge in [0.25, 0.3) is 5.91 Å². The maximum absolute atomic E-state index is 13.1. The standard InChI is InChI=1S/C22H21N7O3/c1-13(14(2)30)29-12-17(20(27-29)21-19(32-3)8-7-15(10-23)25-21)26-22(31)16-11-24-28-9-5-4-6-18(16)28/h4-9,11-14,30H,1-3H3,(H,26,31). The molecule has 0 fully saturated rings. The minimum absolute atomic E-state index is 0.179. The molecular weight excluding hydrogens is 410 g/mol. The summed E-state index contributed by atoms with van der Waals surface area (Å²) in [5, 5.41) is 30.9. The first-order valence-corrected chi connectivity index (χ1v) is 9.89. The van der Waals surface area contributed by atoms with Crippen molar-refractivity contribution in [2.45, 2.75) is 26.0 Å². The zero-order chi connectivity index (χ0) is 22.8. The summed E-state index contributed by atoms with van der Waals surface area (Å²) in [7, 11) is 1.49. The van der Waals surface area contributed by atoms with Crippen LogP contribution in [-0.2, 0) is 0 Å². The molecule has 4 aromatic heterocycles. The van der Waals surface area contributed by atoms with E-state index in [0.717, 1.165) is 0 Å². The van der Waals surface area contributed by atoms with Crippen LogP contribution in [0.4, 0.5) is 5.69 Å². The molecular formula is C22H21N7O3. The van der Waals surface area contributed by atoms with Gasteiger partial charge in [0.2, 0.25) is 0 Å². The van der Waals surface area contributed by atoms with E-state index in [1.807, 2.05) is 18.2 Å². The Hall–Kier alpha value is -4.23. The Morgan fingerprint density at radius 1 is 1.25 bits per heavy atom. The number of hydrogen-bond donors (Lipinski definition) is 2. The summed E-state index contributed by atoms with van der Waals surface area (Å²) < 4.78 is 8.56. The summed E-state index contributed by atoms with van der Waals surface area (Å²) in [6, 6.07) is 10.2. The Balaban J connectivity index is 1.81. The van der Waals surface area contributed by atoms with E-state index in [1.165, 1.54) is 19.4 Å². The van der Waals surface area contributed by atoms with Gasteiger partial charge in [-0.3, -0.25) is 9.48 Å². The number of anilines is 1. The number of nitrogens with zero attached hydrogens (tertiary/aromatic N) is 6. The summed E-state index contributed by atoms with van der Waals surface area (Å²) in [6.07, 6.45) is 4.17. The Labute approximate surface area is 183 Å². The van der Waals surface area contributed by atoms with Crippen LogP contribution in [0.15, 0.2) is 48.9 Å². The number of carbonyl (C=O) groups excluding carboxylic acids is 1. The highest BCUT2D eigenvalue weighted by Gasteiger charge is 2.23. The van der Waals surface area contributed by atoms with E-state index in [1.54, 1.807) is 47.6 Å². The lowest BCUT2D eigenvalue weighted by Crippen LogP contribution is -2.18. The van der Waals surface area contributed by atoms with Crippen LogP contribution < -0.4 is 10.1 Å². The number of fused-ring (bicyclic) bond motifs is 1. The number of aliphatic hydroxyl groups is 1. The highest BCUT2D eigenvalue weighted by Crippen LogP contribution is 2.34. The average Bonchev–Trinajstić information content (AvgIpc) is 3.42. The highest BCUT2D eigenvalue weighted by molar-refractivity contribution is 6.10. The maximum atomic E-state index is 13.1. The first-order chi connectivity index (χ1) is 15.4. The topological polar surface area (TPSA) is 130 Å². The maximum Gasteiger partial charge on any atom is 0.259 e. The fraction of sp³-hybridized carbons (Fsp3) is 0.227. The van der Waals surface area contributed by atoms with Gasteiger partial charge in [-0.15, -0.1) is 0 Å². The number of ether oxygens (including phenoxy) is 1. The van der Waals surface area contributed by atoms with E-state index in [4.69, 9.17) is 4.74 Å². The van der Waals surface area contributed by atoms with Crippen molar-refractivity contribution in [3.63, 3.8) is 0 Å². The molecule has 0 saturated heterocycles. The van der Waals surface area contributed by atoms with Crippen molar-refractivity contribution in [3.05, 3.63) is 60.2 Å². The van der Waals surface area contributed by atoms with Crippen LogP contribution in [-0.4, -0.2) is 48.6 Å². The van der Waals surface area contributed by atoms with Gasteiger partial charge in [-0.05, 0) is 38.1 Å². The molecule has 0 radical (unpaired) electrons. The first-order valence-electron chi connectivity index (χ1n) is 9.89. The van der Waals surface area contributed by atoms with Gasteiger partial charge in [0.15, 0.2) is 0 Å². The van der Waals surface area contributed by atoms with Crippen molar-refractivity contribution in [2.24, 2.45) is 0 Å². The first kappa shape index (κ1) is 21.0. The number of pyridine rings is 2. The molecule has 2 unspecified atom stereocenters. The number of hydrogen-bond acceptors (Lipinski definition) is 7. The van der Waals surface area contributed by atoms with E-state index in [2.05, 4.69) is 20.5 Å². The molecule has 0 aromatic carbocycles. The molecule has 0 aliphatic heterocycles. The van der Waals surface area contributed by atoms with E-state index < -0.39 is 6.10 Å². The van der Waals surface area contributed by atoms with Gasteiger partial charge in [0.05, 0.1) is 42.2 Å². The number of aromatic nitrogens is 5. The van der Waals surface area contributed by atoms with E-state index in [-0.39, 0.29) is 17.6 Å². The Bertz CT molecular complexity index is 1330. The van der Waals surface area contributed by atoms with Crippen LogP contribution in [0.1, 0.15) is 35.9 Å². The summed E-state index contributed by atoms with van der Waals surface area (Å²) in [5.41, 5.74) is 2.20. The molecule has 2 N–H and O–H groups in total. The second-order valence-corrected chi connectivity index (χ2v) is 7.25. The zero-order valence-corrected chi connectivity index (χ0v) is 17.7. The van der Waals surface area contributed by atoms with Gasteiger partial charge in [-0.25, -0.2) is 9.50 Å². The van der Waals surface area contributed by atoms with Crippen molar-refractivity contribution >= 4 is 17.1 Å². The normalized spacial score (nSPS) is 12.8. The molecule has 0 saturated carbocycles. The summed E-state index contributed by atoms with van der Waals surface area (Å²) in [6.45, 7) is 3.45. The van der Waals surface area contributed by atoms with Crippen molar-refractivity contribution in [1.82, 2.24) is 24.4 Å². The van der Waals surface area contributed by atoms with Crippen LogP contribution in [0.3, 0.4) is 0 Å². The van der Waals surface area contributed by atoms with E-state index in [0.29, 0.717) is 33.9 Å². The number of aliphatic hydroxyl groups excluding tert-OH is 1.